The van der Waals surface area contributed by atoms with E-state index < -0.39 is 0 Å². The standard InChI is InChI=1S/C8H11BrN2/c1-10-5-4-8-3-2-7(9)6-11-8/h2-3,6,10H,4-5H2,1H3. The van der Waals surface area contributed by atoms with E-state index in [4.69, 9.17) is 0 Å². The van der Waals surface area contributed by atoms with E-state index in [1.54, 1.807) is 0 Å². The average Bonchev–Trinajstić information content (AvgIpc) is 2.04. The Bertz CT molecular complexity index is 208. The summed E-state index contributed by atoms with van der Waals surface area (Å²) < 4.78 is 1.03. The van der Waals surface area contributed by atoms with Crippen molar-refractivity contribution >= 4 is 15.9 Å². The maximum Gasteiger partial charge on any atom is 0.0417 e. The van der Waals surface area contributed by atoms with E-state index in [2.05, 4.69) is 26.2 Å². The minimum atomic E-state index is 0.981. The molecule has 0 radical (unpaired) electrons. The topological polar surface area (TPSA) is 24.9 Å². The van der Waals surface area contributed by atoms with Crippen LogP contribution in [0.1, 0.15) is 5.69 Å². The molecule has 0 unspecified atom stereocenters. The molecule has 1 aromatic heterocycles. The monoisotopic (exact) mass is 214 g/mol. The van der Waals surface area contributed by atoms with Crippen LogP contribution in [0.5, 0.6) is 0 Å². The van der Waals surface area contributed by atoms with Crippen molar-refractivity contribution in [2.75, 3.05) is 13.6 Å². The summed E-state index contributed by atoms with van der Waals surface area (Å²) in [5.74, 6) is 0. The number of rotatable bonds is 3. The first kappa shape index (κ1) is 8.68. The lowest BCUT2D eigenvalue weighted by Crippen LogP contribution is -2.10. The molecule has 0 aliphatic heterocycles. The molecule has 11 heavy (non-hydrogen) atoms. The molecule has 0 aliphatic rings. The fourth-order valence-corrected chi connectivity index (χ4v) is 1.04. The van der Waals surface area contributed by atoms with Crippen molar-refractivity contribution in [3.05, 3.63) is 28.5 Å². The molecule has 1 rings (SSSR count). The molecule has 0 fully saturated rings. The van der Waals surface area contributed by atoms with Crippen LogP contribution in [-0.4, -0.2) is 18.6 Å². The van der Waals surface area contributed by atoms with Crippen LogP contribution in [0.2, 0.25) is 0 Å². The van der Waals surface area contributed by atoms with Gasteiger partial charge in [-0.25, -0.2) is 0 Å². The van der Waals surface area contributed by atoms with Crippen LogP contribution in [0.4, 0.5) is 0 Å². The number of halogens is 1. The molecule has 0 saturated carbocycles. The molecule has 2 nitrogen and oxygen atoms in total. The highest BCUT2D eigenvalue weighted by Crippen LogP contribution is 2.07. The van der Waals surface area contributed by atoms with Crippen molar-refractivity contribution in [2.45, 2.75) is 6.42 Å². The van der Waals surface area contributed by atoms with Crippen LogP contribution in [0.25, 0.3) is 0 Å². The first-order valence-corrected chi connectivity index (χ1v) is 4.37. The van der Waals surface area contributed by atoms with Gasteiger partial charge in [0.15, 0.2) is 0 Å². The van der Waals surface area contributed by atoms with Gasteiger partial charge >= 0.3 is 0 Å². The molecule has 0 atom stereocenters. The highest BCUT2D eigenvalue weighted by Gasteiger charge is 1.92. The highest BCUT2D eigenvalue weighted by molar-refractivity contribution is 9.10. The van der Waals surface area contributed by atoms with Gasteiger partial charge in [-0.2, -0.15) is 0 Å². The Morgan fingerprint density at radius 1 is 1.55 bits per heavy atom. The molecular weight excluding hydrogens is 204 g/mol. The SMILES string of the molecule is CNCCc1ccc(Br)cn1. The van der Waals surface area contributed by atoms with Crippen molar-refractivity contribution < 1.29 is 0 Å². The van der Waals surface area contributed by atoms with E-state index in [0.29, 0.717) is 0 Å². The number of pyridine rings is 1. The van der Waals surface area contributed by atoms with Gasteiger partial charge < -0.3 is 5.32 Å². The molecule has 0 aliphatic carbocycles. The molecule has 0 amide bonds. The maximum absolute atomic E-state index is 4.23. The fraction of sp³-hybridized carbons (Fsp3) is 0.375. The molecule has 1 N–H and O–H groups in total. The van der Waals surface area contributed by atoms with E-state index in [0.717, 1.165) is 23.1 Å². The predicted molar refractivity (Wildman–Crippen MR) is 49.6 cm³/mol. The van der Waals surface area contributed by atoms with Gasteiger partial charge in [-0.15, -0.1) is 0 Å². The smallest absolute Gasteiger partial charge is 0.0417 e. The van der Waals surface area contributed by atoms with Crippen LogP contribution in [0.15, 0.2) is 22.8 Å². The molecule has 0 bridgehead atoms. The number of hydrogen-bond donors (Lipinski definition) is 1. The Morgan fingerprint density at radius 3 is 2.91 bits per heavy atom. The van der Waals surface area contributed by atoms with Crippen LogP contribution >= 0.6 is 15.9 Å². The molecular formula is C8H11BrN2. The van der Waals surface area contributed by atoms with Gasteiger partial charge in [-0.05, 0) is 35.1 Å². The molecule has 1 aromatic rings. The fourth-order valence-electron chi connectivity index (χ4n) is 0.807. The average molecular weight is 215 g/mol. The summed E-state index contributed by atoms with van der Waals surface area (Å²) in [5.41, 5.74) is 1.13. The third kappa shape index (κ3) is 2.99. The second-order valence-corrected chi connectivity index (χ2v) is 3.24. The van der Waals surface area contributed by atoms with Gasteiger partial charge in [-0.3, -0.25) is 4.98 Å². The van der Waals surface area contributed by atoms with Crippen LogP contribution in [0.3, 0.4) is 0 Å². The van der Waals surface area contributed by atoms with Gasteiger partial charge in [0.05, 0.1) is 0 Å². The number of nitrogens with zero attached hydrogens (tertiary/aromatic N) is 1. The molecule has 0 aromatic carbocycles. The Balaban J connectivity index is 2.52. The van der Waals surface area contributed by atoms with Gasteiger partial charge in [0.2, 0.25) is 0 Å². The maximum atomic E-state index is 4.23. The normalized spacial score (nSPS) is 10.0. The van der Waals surface area contributed by atoms with Crippen molar-refractivity contribution in [2.24, 2.45) is 0 Å². The highest BCUT2D eigenvalue weighted by atomic mass is 79.9. The quantitative estimate of drug-likeness (QED) is 0.828. The minimum absolute atomic E-state index is 0.981. The Labute approximate surface area is 75.2 Å². The lowest BCUT2D eigenvalue weighted by molar-refractivity contribution is 0.776. The van der Waals surface area contributed by atoms with Crippen molar-refractivity contribution in [3.8, 4) is 0 Å². The summed E-state index contributed by atoms with van der Waals surface area (Å²) in [4.78, 5) is 4.23. The zero-order valence-corrected chi connectivity index (χ0v) is 8.06. The second kappa shape index (κ2) is 4.46. The van der Waals surface area contributed by atoms with Crippen molar-refractivity contribution in [3.63, 3.8) is 0 Å². The van der Waals surface area contributed by atoms with E-state index in [9.17, 15) is 0 Å². The Hall–Kier alpha value is -0.410. The van der Waals surface area contributed by atoms with Gasteiger partial charge in [0.1, 0.15) is 0 Å². The Kier molecular flexibility index (Phi) is 3.52. The molecule has 60 valence electrons. The molecule has 3 heteroatoms. The Morgan fingerprint density at radius 2 is 2.36 bits per heavy atom. The zero-order chi connectivity index (χ0) is 8.10. The summed E-state index contributed by atoms with van der Waals surface area (Å²) in [6, 6.07) is 4.04. The van der Waals surface area contributed by atoms with Crippen molar-refractivity contribution in [1.82, 2.24) is 10.3 Å². The summed E-state index contributed by atoms with van der Waals surface area (Å²) in [7, 11) is 1.94. The van der Waals surface area contributed by atoms with E-state index in [1.165, 1.54) is 0 Å². The first-order valence-electron chi connectivity index (χ1n) is 3.58. The zero-order valence-electron chi connectivity index (χ0n) is 6.47. The summed E-state index contributed by atoms with van der Waals surface area (Å²) in [5, 5.41) is 3.08. The number of nitrogens with one attached hydrogen (secondary N) is 1. The lowest BCUT2D eigenvalue weighted by atomic mass is 10.3. The van der Waals surface area contributed by atoms with Crippen LogP contribution in [-0.2, 0) is 6.42 Å². The third-order valence-electron chi connectivity index (χ3n) is 1.42. The van der Waals surface area contributed by atoms with Crippen LogP contribution in [0, 0.1) is 0 Å². The molecule has 0 saturated heterocycles. The van der Waals surface area contributed by atoms with Crippen LogP contribution < -0.4 is 5.32 Å². The summed E-state index contributed by atoms with van der Waals surface area (Å²) in [6.07, 6.45) is 2.81. The van der Waals surface area contributed by atoms with E-state index in [-0.39, 0.29) is 0 Å². The molecule has 1 heterocycles. The number of likely N-dealkylation sites (N-methyl/N-ethyl adjacent to an activating group) is 1. The molecule has 0 spiro atoms. The van der Waals surface area contributed by atoms with Gasteiger partial charge in [-0.1, -0.05) is 0 Å². The minimum Gasteiger partial charge on any atom is -0.319 e. The number of aromatic nitrogens is 1. The lowest BCUT2D eigenvalue weighted by Gasteiger charge is -1.98. The van der Waals surface area contributed by atoms with Gasteiger partial charge in [0, 0.05) is 29.3 Å². The first-order chi connectivity index (χ1) is 5.33. The summed E-state index contributed by atoms with van der Waals surface area (Å²) in [6.45, 7) is 0.981. The third-order valence-corrected chi connectivity index (χ3v) is 1.89. The predicted octanol–water partition coefficient (Wildman–Crippen LogP) is 1.61. The van der Waals surface area contributed by atoms with E-state index >= 15 is 0 Å². The van der Waals surface area contributed by atoms with E-state index in [1.807, 2.05) is 25.4 Å². The largest absolute Gasteiger partial charge is 0.319 e. The number of hydrogen-bond acceptors (Lipinski definition) is 2. The van der Waals surface area contributed by atoms with Crippen molar-refractivity contribution in [1.29, 1.82) is 0 Å². The summed E-state index contributed by atoms with van der Waals surface area (Å²) >= 11 is 3.34. The van der Waals surface area contributed by atoms with Gasteiger partial charge in [0.25, 0.3) is 0 Å². The second-order valence-electron chi connectivity index (χ2n) is 2.32.